The summed E-state index contributed by atoms with van der Waals surface area (Å²) in [7, 11) is 0. The minimum absolute atomic E-state index is 0.150. The van der Waals surface area contributed by atoms with Gasteiger partial charge in [0.15, 0.2) is 0 Å². The summed E-state index contributed by atoms with van der Waals surface area (Å²) in [5, 5.41) is 14.1. The first-order valence-electron chi connectivity index (χ1n) is 10.3. The second-order valence-electron chi connectivity index (χ2n) is 8.02. The average molecular weight is 448 g/mol. The van der Waals surface area contributed by atoms with Crippen LogP contribution in [0.3, 0.4) is 0 Å². The number of nitrogens with zero attached hydrogens (tertiary/aromatic N) is 3. The first-order valence-corrected chi connectivity index (χ1v) is 11.2. The van der Waals surface area contributed by atoms with Gasteiger partial charge in [-0.05, 0) is 43.5 Å². The summed E-state index contributed by atoms with van der Waals surface area (Å²) in [6.45, 7) is 4.22. The maximum Gasteiger partial charge on any atom is 0.251 e. The van der Waals surface area contributed by atoms with Gasteiger partial charge in [0.1, 0.15) is 5.01 Å². The molecule has 0 saturated carbocycles. The van der Waals surface area contributed by atoms with Gasteiger partial charge in [0.25, 0.3) is 5.91 Å². The van der Waals surface area contributed by atoms with Crippen molar-refractivity contribution in [3.63, 3.8) is 0 Å². The number of rotatable bonds is 8. The van der Waals surface area contributed by atoms with E-state index in [9.17, 15) is 4.79 Å². The lowest BCUT2D eigenvalue weighted by atomic mass is 9.94. The SMILES string of the molecule is Cc1csc(CNC(=O)c2cccc(Cc3nnc(C(C)(N)Cc4ccccc4)o3)c2)n1. The van der Waals surface area contributed by atoms with Crippen LogP contribution in [-0.2, 0) is 24.9 Å². The Labute approximate surface area is 190 Å². The summed E-state index contributed by atoms with van der Waals surface area (Å²) in [5.74, 6) is 0.702. The van der Waals surface area contributed by atoms with Crippen LogP contribution in [0.5, 0.6) is 0 Å². The molecule has 0 aliphatic rings. The second-order valence-corrected chi connectivity index (χ2v) is 8.97. The highest BCUT2D eigenvalue weighted by Gasteiger charge is 2.28. The van der Waals surface area contributed by atoms with Crippen molar-refractivity contribution < 1.29 is 9.21 Å². The molecular weight excluding hydrogens is 422 g/mol. The fourth-order valence-electron chi connectivity index (χ4n) is 3.39. The van der Waals surface area contributed by atoms with Gasteiger partial charge in [-0.3, -0.25) is 4.79 Å². The van der Waals surface area contributed by atoms with E-state index in [0.29, 0.717) is 36.7 Å². The van der Waals surface area contributed by atoms with Gasteiger partial charge in [-0.25, -0.2) is 4.98 Å². The summed E-state index contributed by atoms with van der Waals surface area (Å²) in [5.41, 5.74) is 9.23. The number of carbonyl (C=O) groups is 1. The first-order chi connectivity index (χ1) is 15.4. The number of hydrogen-bond acceptors (Lipinski definition) is 7. The quantitative estimate of drug-likeness (QED) is 0.426. The fourth-order valence-corrected chi connectivity index (χ4v) is 4.10. The number of benzene rings is 2. The molecule has 0 fully saturated rings. The third-order valence-electron chi connectivity index (χ3n) is 4.98. The topological polar surface area (TPSA) is 107 Å². The van der Waals surface area contributed by atoms with E-state index in [1.807, 2.05) is 67.8 Å². The summed E-state index contributed by atoms with van der Waals surface area (Å²) in [6, 6.07) is 17.4. The van der Waals surface area contributed by atoms with Gasteiger partial charge < -0.3 is 15.5 Å². The Balaban J connectivity index is 1.40. The van der Waals surface area contributed by atoms with Crippen molar-refractivity contribution in [1.29, 1.82) is 0 Å². The number of amides is 1. The normalized spacial score (nSPS) is 13.0. The maximum absolute atomic E-state index is 12.5. The lowest BCUT2D eigenvalue weighted by Gasteiger charge is -2.20. The third kappa shape index (κ3) is 5.46. The molecule has 1 amide bonds. The van der Waals surface area contributed by atoms with E-state index in [0.717, 1.165) is 21.8 Å². The predicted molar refractivity (Wildman–Crippen MR) is 123 cm³/mol. The predicted octanol–water partition coefficient (Wildman–Crippen LogP) is 3.77. The molecule has 3 N–H and O–H groups in total. The molecule has 32 heavy (non-hydrogen) atoms. The van der Waals surface area contributed by atoms with Crippen molar-refractivity contribution in [2.24, 2.45) is 5.73 Å². The molecule has 0 spiro atoms. The number of nitrogens with two attached hydrogens (primary N) is 1. The summed E-state index contributed by atoms with van der Waals surface area (Å²) in [6.07, 6.45) is 1.00. The molecule has 164 valence electrons. The van der Waals surface area contributed by atoms with Crippen LogP contribution in [0.25, 0.3) is 0 Å². The van der Waals surface area contributed by atoms with Gasteiger partial charge in [0.05, 0.1) is 18.5 Å². The molecular formula is C24H25N5O2S. The van der Waals surface area contributed by atoms with E-state index in [1.54, 1.807) is 6.07 Å². The Hall–Kier alpha value is -3.36. The zero-order valence-electron chi connectivity index (χ0n) is 18.0. The fraction of sp³-hybridized carbons (Fsp3) is 0.250. The van der Waals surface area contributed by atoms with Crippen LogP contribution in [0.1, 0.15) is 50.9 Å². The van der Waals surface area contributed by atoms with E-state index in [4.69, 9.17) is 10.2 Å². The molecule has 4 rings (SSSR count). The van der Waals surface area contributed by atoms with Crippen molar-refractivity contribution in [1.82, 2.24) is 20.5 Å². The van der Waals surface area contributed by atoms with Gasteiger partial charge >= 0.3 is 0 Å². The van der Waals surface area contributed by atoms with Crippen LogP contribution >= 0.6 is 11.3 Å². The molecule has 8 heteroatoms. The molecule has 0 aliphatic heterocycles. The Morgan fingerprint density at radius 2 is 1.91 bits per heavy atom. The Morgan fingerprint density at radius 3 is 2.66 bits per heavy atom. The van der Waals surface area contributed by atoms with Crippen molar-refractivity contribution in [3.8, 4) is 0 Å². The van der Waals surface area contributed by atoms with E-state index in [1.165, 1.54) is 11.3 Å². The standard InChI is InChI=1S/C24H25N5O2S/c1-16-15-32-21(27-16)14-26-22(30)19-10-6-9-18(11-19)12-20-28-29-23(31-20)24(2,25)13-17-7-4-3-5-8-17/h3-11,15H,12-14,25H2,1-2H3,(H,26,30). The van der Waals surface area contributed by atoms with Crippen LogP contribution in [0.2, 0.25) is 0 Å². The van der Waals surface area contributed by atoms with Crippen molar-refractivity contribution in [2.75, 3.05) is 0 Å². The lowest BCUT2D eigenvalue weighted by molar-refractivity contribution is 0.0950. The molecule has 2 aromatic heterocycles. The van der Waals surface area contributed by atoms with Crippen LogP contribution in [0, 0.1) is 6.92 Å². The smallest absolute Gasteiger partial charge is 0.251 e. The summed E-state index contributed by atoms with van der Waals surface area (Å²) >= 11 is 1.53. The van der Waals surface area contributed by atoms with Crippen LogP contribution in [0.4, 0.5) is 0 Å². The Bertz CT molecular complexity index is 1200. The van der Waals surface area contributed by atoms with Gasteiger partial charge in [0, 0.05) is 16.6 Å². The minimum Gasteiger partial charge on any atom is -0.423 e. The molecule has 2 aromatic carbocycles. The number of aromatic nitrogens is 3. The largest absolute Gasteiger partial charge is 0.423 e. The summed E-state index contributed by atoms with van der Waals surface area (Å²) < 4.78 is 5.88. The molecule has 1 atom stereocenters. The molecule has 7 nitrogen and oxygen atoms in total. The molecule has 0 aliphatic carbocycles. The van der Waals surface area contributed by atoms with E-state index >= 15 is 0 Å². The van der Waals surface area contributed by atoms with Crippen LogP contribution < -0.4 is 11.1 Å². The van der Waals surface area contributed by atoms with Crippen LogP contribution in [-0.4, -0.2) is 21.1 Å². The van der Waals surface area contributed by atoms with Gasteiger partial charge in [-0.1, -0.05) is 42.5 Å². The number of thiazole rings is 1. The second kappa shape index (κ2) is 9.42. The third-order valence-corrected chi connectivity index (χ3v) is 5.95. The zero-order chi connectivity index (χ0) is 22.6. The highest BCUT2D eigenvalue weighted by molar-refractivity contribution is 7.09. The monoisotopic (exact) mass is 447 g/mol. The number of hydrogen-bond donors (Lipinski definition) is 2. The molecule has 0 radical (unpaired) electrons. The van der Waals surface area contributed by atoms with Crippen molar-refractivity contribution in [2.45, 2.75) is 38.8 Å². The maximum atomic E-state index is 12.5. The van der Waals surface area contributed by atoms with E-state index in [2.05, 4.69) is 20.5 Å². The Morgan fingerprint density at radius 1 is 1.12 bits per heavy atom. The van der Waals surface area contributed by atoms with Gasteiger partial charge in [-0.15, -0.1) is 21.5 Å². The molecule has 1 unspecified atom stereocenters. The highest BCUT2D eigenvalue weighted by atomic mass is 32.1. The molecule has 0 saturated heterocycles. The van der Waals surface area contributed by atoms with E-state index in [-0.39, 0.29) is 5.91 Å². The minimum atomic E-state index is -0.775. The van der Waals surface area contributed by atoms with Gasteiger partial charge in [-0.2, -0.15) is 0 Å². The first kappa shape index (κ1) is 21.9. The number of aryl methyl sites for hydroxylation is 1. The number of carbonyl (C=O) groups excluding carboxylic acids is 1. The Kier molecular flexibility index (Phi) is 6.43. The van der Waals surface area contributed by atoms with Crippen molar-refractivity contribution in [3.05, 3.63) is 99.2 Å². The molecule has 2 heterocycles. The van der Waals surface area contributed by atoms with Gasteiger partial charge in [0.2, 0.25) is 11.8 Å². The summed E-state index contributed by atoms with van der Waals surface area (Å²) in [4.78, 5) is 16.9. The average Bonchev–Trinajstić information content (AvgIpc) is 3.42. The highest BCUT2D eigenvalue weighted by Crippen LogP contribution is 2.22. The zero-order valence-corrected chi connectivity index (χ0v) is 18.9. The van der Waals surface area contributed by atoms with E-state index < -0.39 is 5.54 Å². The van der Waals surface area contributed by atoms with Crippen LogP contribution in [0.15, 0.2) is 64.4 Å². The molecule has 4 aromatic rings. The molecule has 0 bridgehead atoms. The number of nitrogens with one attached hydrogen (secondary N) is 1. The lowest BCUT2D eigenvalue weighted by Crippen LogP contribution is -2.35. The van der Waals surface area contributed by atoms with Crippen molar-refractivity contribution >= 4 is 17.2 Å².